The number of hydrogen-bond donors (Lipinski definition) is 3. The average Bonchev–Trinajstić information content (AvgIpc) is 3.21. The summed E-state index contributed by atoms with van der Waals surface area (Å²) >= 11 is 0. The van der Waals surface area contributed by atoms with E-state index in [1.165, 1.54) is 0 Å². The van der Waals surface area contributed by atoms with Gasteiger partial charge in [0.1, 0.15) is 18.2 Å². The zero-order valence-electron chi connectivity index (χ0n) is 16.9. The van der Waals surface area contributed by atoms with E-state index in [0.29, 0.717) is 28.0 Å². The van der Waals surface area contributed by atoms with E-state index in [1.807, 2.05) is 12.1 Å². The molecular formula is C24H22FN3O3. The standard InChI is InChI=1S/C24H22FN3O3/c1-14(26)18-6-4-7-19(24(18)25)16-9-17(20-12-27-28-21(20)10-16)13-31-22-8-3-2-5-15(22)11-23(29)30/h2-10,12,14H,11,13,26H2,1H3,(H,27,28)(H,29,30)/t14-/m1/s1. The molecule has 1 heterocycles. The molecule has 4 aromatic rings. The number of carboxylic acid groups (broad SMARTS) is 1. The third-order valence-electron chi connectivity index (χ3n) is 5.17. The fraction of sp³-hybridized carbons (Fsp3) is 0.167. The van der Waals surface area contributed by atoms with Gasteiger partial charge in [-0.1, -0.05) is 36.4 Å². The van der Waals surface area contributed by atoms with Crippen molar-refractivity contribution in [1.29, 1.82) is 0 Å². The minimum Gasteiger partial charge on any atom is -0.489 e. The van der Waals surface area contributed by atoms with Crippen LogP contribution >= 0.6 is 0 Å². The van der Waals surface area contributed by atoms with E-state index in [0.717, 1.165) is 16.5 Å². The first-order chi connectivity index (χ1) is 14.9. The van der Waals surface area contributed by atoms with Gasteiger partial charge in [-0.05, 0) is 30.7 Å². The highest BCUT2D eigenvalue weighted by molar-refractivity contribution is 5.87. The first kappa shape index (κ1) is 20.6. The summed E-state index contributed by atoms with van der Waals surface area (Å²) in [7, 11) is 0. The number of aromatic nitrogens is 2. The van der Waals surface area contributed by atoms with Gasteiger partial charge in [0.15, 0.2) is 0 Å². The van der Waals surface area contributed by atoms with E-state index in [1.54, 1.807) is 55.6 Å². The van der Waals surface area contributed by atoms with Gasteiger partial charge in [-0.3, -0.25) is 9.89 Å². The molecule has 0 spiro atoms. The number of aromatic amines is 1. The van der Waals surface area contributed by atoms with Crippen molar-refractivity contribution in [2.45, 2.75) is 26.0 Å². The van der Waals surface area contributed by atoms with Crippen molar-refractivity contribution in [3.8, 4) is 16.9 Å². The summed E-state index contributed by atoms with van der Waals surface area (Å²) in [6.07, 6.45) is 1.56. The summed E-state index contributed by atoms with van der Waals surface area (Å²) < 4.78 is 21.1. The zero-order valence-corrected chi connectivity index (χ0v) is 16.9. The van der Waals surface area contributed by atoms with Crippen molar-refractivity contribution < 1.29 is 19.0 Å². The number of para-hydroxylation sites is 1. The van der Waals surface area contributed by atoms with Crippen LogP contribution in [-0.2, 0) is 17.8 Å². The van der Waals surface area contributed by atoms with Crippen LogP contribution in [0.5, 0.6) is 5.75 Å². The molecule has 0 fully saturated rings. The first-order valence-corrected chi connectivity index (χ1v) is 9.87. The second kappa shape index (κ2) is 8.57. The molecule has 4 N–H and O–H groups in total. The normalized spacial score (nSPS) is 12.1. The summed E-state index contributed by atoms with van der Waals surface area (Å²) in [5, 5.41) is 17.0. The Morgan fingerprint density at radius 1 is 1.19 bits per heavy atom. The predicted molar refractivity (Wildman–Crippen MR) is 116 cm³/mol. The van der Waals surface area contributed by atoms with E-state index in [2.05, 4.69) is 10.2 Å². The van der Waals surface area contributed by atoms with Crippen LogP contribution in [0, 0.1) is 5.82 Å². The third-order valence-corrected chi connectivity index (χ3v) is 5.17. The minimum atomic E-state index is -0.931. The van der Waals surface area contributed by atoms with Gasteiger partial charge in [-0.25, -0.2) is 4.39 Å². The van der Waals surface area contributed by atoms with Crippen LogP contribution in [0.1, 0.15) is 29.7 Å². The number of H-pyrrole nitrogens is 1. The molecule has 0 aliphatic carbocycles. The topological polar surface area (TPSA) is 101 Å². The van der Waals surface area contributed by atoms with Crippen molar-refractivity contribution in [3.05, 3.63) is 83.3 Å². The molecule has 6 nitrogen and oxygen atoms in total. The Labute approximate surface area is 178 Å². The maximum atomic E-state index is 15.1. The van der Waals surface area contributed by atoms with Crippen LogP contribution in [0.2, 0.25) is 0 Å². The second-order valence-electron chi connectivity index (χ2n) is 7.43. The molecule has 1 aromatic heterocycles. The van der Waals surface area contributed by atoms with Gasteiger partial charge in [-0.2, -0.15) is 5.10 Å². The summed E-state index contributed by atoms with van der Waals surface area (Å²) in [4.78, 5) is 11.1. The molecule has 3 aromatic carbocycles. The molecule has 0 amide bonds. The highest BCUT2D eigenvalue weighted by Crippen LogP contribution is 2.32. The number of fused-ring (bicyclic) bond motifs is 1. The predicted octanol–water partition coefficient (Wildman–Crippen LogP) is 4.59. The Hall–Kier alpha value is -3.71. The fourth-order valence-corrected chi connectivity index (χ4v) is 3.63. The number of halogens is 1. The monoisotopic (exact) mass is 419 g/mol. The first-order valence-electron chi connectivity index (χ1n) is 9.87. The number of nitrogens with two attached hydrogens (primary N) is 1. The van der Waals surface area contributed by atoms with E-state index < -0.39 is 12.0 Å². The Bertz CT molecular complexity index is 1250. The van der Waals surface area contributed by atoms with Crippen molar-refractivity contribution >= 4 is 16.9 Å². The lowest BCUT2D eigenvalue weighted by Gasteiger charge is -2.14. The molecule has 0 saturated heterocycles. The number of ether oxygens (including phenoxy) is 1. The molecule has 0 aliphatic heterocycles. The molecule has 1 atom stereocenters. The van der Waals surface area contributed by atoms with E-state index in [9.17, 15) is 4.79 Å². The van der Waals surface area contributed by atoms with Gasteiger partial charge >= 0.3 is 5.97 Å². The molecule has 0 saturated carbocycles. The molecule has 0 unspecified atom stereocenters. The maximum Gasteiger partial charge on any atom is 0.307 e. The summed E-state index contributed by atoms with van der Waals surface area (Å²) in [5.74, 6) is -0.785. The lowest BCUT2D eigenvalue weighted by molar-refractivity contribution is -0.136. The van der Waals surface area contributed by atoms with Crippen molar-refractivity contribution in [1.82, 2.24) is 10.2 Å². The molecule has 158 valence electrons. The highest BCUT2D eigenvalue weighted by atomic mass is 19.1. The van der Waals surface area contributed by atoms with Gasteiger partial charge in [0.05, 0.1) is 18.1 Å². The highest BCUT2D eigenvalue weighted by Gasteiger charge is 2.16. The smallest absolute Gasteiger partial charge is 0.307 e. The number of benzene rings is 3. The Balaban J connectivity index is 1.71. The number of rotatable bonds is 7. The number of nitrogens with zero attached hydrogens (tertiary/aromatic N) is 1. The molecule has 0 radical (unpaired) electrons. The van der Waals surface area contributed by atoms with Gasteiger partial charge < -0.3 is 15.6 Å². The molecule has 4 rings (SSSR count). The van der Waals surface area contributed by atoms with Gasteiger partial charge in [0.25, 0.3) is 0 Å². The lowest BCUT2D eigenvalue weighted by Crippen LogP contribution is -2.08. The summed E-state index contributed by atoms with van der Waals surface area (Å²) in [6.45, 7) is 1.92. The van der Waals surface area contributed by atoms with Crippen LogP contribution in [0.15, 0.2) is 60.8 Å². The van der Waals surface area contributed by atoms with Crippen molar-refractivity contribution in [3.63, 3.8) is 0 Å². The van der Waals surface area contributed by atoms with Gasteiger partial charge in [-0.15, -0.1) is 0 Å². The van der Waals surface area contributed by atoms with Gasteiger partial charge in [0, 0.05) is 33.7 Å². The van der Waals surface area contributed by atoms with Crippen LogP contribution in [0.3, 0.4) is 0 Å². The van der Waals surface area contributed by atoms with E-state index in [4.69, 9.17) is 15.6 Å². The summed E-state index contributed by atoms with van der Waals surface area (Å²) in [5.41, 5.74) is 9.61. The van der Waals surface area contributed by atoms with Crippen LogP contribution < -0.4 is 10.5 Å². The van der Waals surface area contributed by atoms with Crippen LogP contribution in [-0.4, -0.2) is 21.3 Å². The average molecular weight is 419 g/mol. The summed E-state index contributed by atoms with van der Waals surface area (Å²) in [6, 6.07) is 15.5. The molecule has 0 bridgehead atoms. The van der Waals surface area contributed by atoms with Crippen LogP contribution in [0.4, 0.5) is 4.39 Å². The Morgan fingerprint density at radius 3 is 2.77 bits per heavy atom. The SMILES string of the molecule is C[C@@H](N)c1cccc(-c2cc(COc3ccccc3CC(=O)O)c3cn[nH]c3c2)c1F. The van der Waals surface area contributed by atoms with Crippen molar-refractivity contribution in [2.75, 3.05) is 0 Å². The number of aliphatic carboxylic acids is 1. The maximum absolute atomic E-state index is 15.1. The fourth-order valence-electron chi connectivity index (χ4n) is 3.63. The van der Waals surface area contributed by atoms with Crippen molar-refractivity contribution in [2.24, 2.45) is 5.73 Å². The quantitative estimate of drug-likeness (QED) is 0.407. The number of nitrogens with one attached hydrogen (secondary N) is 1. The largest absolute Gasteiger partial charge is 0.489 e. The molecule has 31 heavy (non-hydrogen) atoms. The second-order valence-corrected chi connectivity index (χ2v) is 7.43. The number of carboxylic acids is 1. The van der Waals surface area contributed by atoms with E-state index in [-0.39, 0.29) is 18.8 Å². The Morgan fingerprint density at radius 2 is 2.00 bits per heavy atom. The van der Waals surface area contributed by atoms with E-state index >= 15 is 4.39 Å². The number of carbonyl (C=O) groups is 1. The Kier molecular flexibility index (Phi) is 5.68. The minimum absolute atomic E-state index is 0.132. The zero-order chi connectivity index (χ0) is 22.0. The van der Waals surface area contributed by atoms with Crippen LogP contribution in [0.25, 0.3) is 22.0 Å². The lowest BCUT2D eigenvalue weighted by atomic mass is 9.96. The number of hydrogen-bond acceptors (Lipinski definition) is 4. The third kappa shape index (κ3) is 4.27. The van der Waals surface area contributed by atoms with Gasteiger partial charge in [0.2, 0.25) is 0 Å². The molecule has 0 aliphatic rings. The molecule has 7 heteroatoms. The molecular weight excluding hydrogens is 397 g/mol.